The summed E-state index contributed by atoms with van der Waals surface area (Å²) < 4.78 is 0. The van der Waals surface area contributed by atoms with Gasteiger partial charge in [0.1, 0.15) is 12.6 Å². The summed E-state index contributed by atoms with van der Waals surface area (Å²) in [6.45, 7) is 3.62. The number of hydrogen-bond acceptors (Lipinski definition) is 6. The zero-order valence-corrected chi connectivity index (χ0v) is 15.8. The molecule has 0 aliphatic heterocycles. The lowest BCUT2D eigenvalue weighted by molar-refractivity contribution is -0.108. The average molecular weight is 367 g/mol. The molecule has 4 N–H and O–H groups in total. The molecule has 0 fully saturated rings. The number of nitrogens with two attached hydrogens (primary N) is 2. The van der Waals surface area contributed by atoms with Gasteiger partial charge in [0.25, 0.3) is 0 Å². The topological polar surface area (TPSA) is 86.2 Å². The number of carbonyl (C=O) groups is 2. The lowest BCUT2D eigenvalue weighted by Gasteiger charge is -1.89. The Morgan fingerprint density at radius 1 is 0.708 bits per heavy atom. The van der Waals surface area contributed by atoms with Crippen molar-refractivity contribution in [3.05, 3.63) is 48.5 Å². The van der Waals surface area contributed by atoms with Gasteiger partial charge in [-0.2, -0.15) is 0 Å². The minimum atomic E-state index is 0.639. The molecule has 132 valence electrons. The molecule has 0 saturated carbocycles. The summed E-state index contributed by atoms with van der Waals surface area (Å²) in [5, 5.41) is 0. The van der Waals surface area contributed by atoms with E-state index in [2.05, 4.69) is 25.3 Å². The number of benzene rings is 2. The Kier molecular flexibility index (Phi) is 17.7. The largest absolute Gasteiger partial charge is 0.399 e. The van der Waals surface area contributed by atoms with E-state index in [1.165, 1.54) is 0 Å². The number of carbonyl (C=O) groups excluding carboxylic acids is 2. The normalized spacial score (nSPS) is 8.17. The van der Waals surface area contributed by atoms with Crippen molar-refractivity contribution in [2.75, 3.05) is 11.5 Å². The van der Waals surface area contributed by atoms with Crippen LogP contribution in [0.5, 0.6) is 0 Å². The zero-order valence-electron chi connectivity index (χ0n) is 14.1. The van der Waals surface area contributed by atoms with E-state index in [1.807, 2.05) is 62.4 Å². The van der Waals surface area contributed by atoms with Crippen LogP contribution in [0.25, 0.3) is 0 Å². The monoisotopic (exact) mass is 366 g/mol. The summed E-state index contributed by atoms with van der Waals surface area (Å²) in [6.07, 6.45) is 3.03. The van der Waals surface area contributed by atoms with Gasteiger partial charge in [-0.25, -0.2) is 0 Å². The molecule has 0 aliphatic rings. The van der Waals surface area contributed by atoms with Gasteiger partial charge in [-0.3, -0.25) is 0 Å². The van der Waals surface area contributed by atoms with E-state index in [9.17, 15) is 9.59 Å². The molecule has 0 heterocycles. The first kappa shape index (κ1) is 24.3. The first-order valence-electron chi connectivity index (χ1n) is 7.37. The number of thiol groups is 2. The molecule has 2 rings (SSSR count). The van der Waals surface area contributed by atoms with Gasteiger partial charge in [0, 0.05) is 34.0 Å². The number of aldehydes is 2. The van der Waals surface area contributed by atoms with Gasteiger partial charge in [-0.15, -0.1) is 25.3 Å². The van der Waals surface area contributed by atoms with E-state index in [-0.39, 0.29) is 0 Å². The maximum absolute atomic E-state index is 9.17. The fraction of sp³-hybridized carbons (Fsp3) is 0.222. The quantitative estimate of drug-likeness (QED) is 0.362. The van der Waals surface area contributed by atoms with Crippen LogP contribution >= 0.6 is 25.3 Å². The molecular weight excluding hydrogens is 340 g/mol. The van der Waals surface area contributed by atoms with Gasteiger partial charge in [-0.1, -0.05) is 13.8 Å². The van der Waals surface area contributed by atoms with Crippen LogP contribution in [0.2, 0.25) is 0 Å². The van der Waals surface area contributed by atoms with Crippen molar-refractivity contribution in [1.82, 2.24) is 0 Å². The Morgan fingerprint density at radius 3 is 1.04 bits per heavy atom. The molecular formula is C18H26N2O2S2. The smallest absolute Gasteiger partial charge is 0.119 e. The van der Waals surface area contributed by atoms with Crippen molar-refractivity contribution in [3.63, 3.8) is 0 Å². The predicted octanol–water partition coefficient (Wildman–Crippen LogP) is 4.31. The molecule has 0 aliphatic carbocycles. The van der Waals surface area contributed by atoms with Crippen molar-refractivity contribution in [3.8, 4) is 0 Å². The number of hydrogen-bond donors (Lipinski definition) is 4. The van der Waals surface area contributed by atoms with Gasteiger partial charge >= 0.3 is 0 Å². The van der Waals surface area contributed by atoms with Crippen LogP contribution in [0.1, 0.15) is 26.7 Å². The standard InChI is InChI=1S/2C6H7NS.2C3H6O/c2*7-5-1-3-6(8)4-2-5;2*1-2-3-4/h2*1-4,8H,7H2;2*3H,2H2,1H3. The van der Waals surface area contributed by atoms with Crippen LogP contribution in [0.15, 0.2) is 58.3 Å². The highest BCUT2D eigenvalue weighted by atomic mass is 32.1. The number of anilines is 2. The summed E-state index contributed by atoms with van der Waals surface area (Å²) in [5.41, 5.74) is 12.3. The van der Waals surface area contributed by atoms with Crippen LogP contribution in [-0.4, -0.2) is 12.6 Å². The van der Waals surface area contributed by atoms with E-state index in [0.29, 0.717) is 12.8 Å². The third-order valence-corrected chi connectivity index (χ3v) is 2.72. The second kappa shape index (κ2) is 17.4. The third kappa shape index (κ3) is 18.1. The maximum atomic E-state index is 9.17. The van der Waals surface area contributed by atoms with Gasteiger partial charge < -0.3 is 21.1 Å². The highest BCUT2D eigenvalue weighted by Crippen LogP contribution is 2.08. The lowest BCUT2D eigenvalue weighted by atomic mass is 10.3. The van der Waals surface area contributed by atoms with Crippen molar-refractivity contribution < 1.29 is 9.59 Å². The number of nitrogen functional groups attached to an aromatic ring is 2. The van der Waals surface area contributed by atoms with Crippen LogP contribution < -0.4 is 11.5 Å². The molecule has 0 saturated heterocycles. The SMILES string of the molecule is CCC=O.CCC=O.Nc1ccc(S)cc1.Nc1ccc(S)cc1. The molecule has 4 nitrogen and oxygen atoms in total. The first-order valence-corrected chi connectivity index (χ1v) is 8.26. The van der Waals surface area contributed by atoms with Crippen LogP contribution in [-0.2, 0) is 9.59 Å². The van der Waals surface area contributed by atoms with Crippen LogP contribution in [0, 0.1) is 0 Å². The molecule has 0 atom stereocenters. The highest BCUT2D eigenvalue weighted by molar-refractivity contribution is 7.80. The number of rotatable bonds is 2. The van der Waals surface area contributed by atoms with Crippen LogP contribution in [0.3, 0.4) is 0 Å². The van der Waals surface area contributed by atoms with E-state index in [1.54, 1.807) is 0 Å². The minimum absolute atomic E-state index is 0.639. The van der Waals surface area contributed by atoms with E-state index in [0.717, 1.165) is 33.7 Å². The second-order valence-electron chi connectivity index (χ2n) is 4.33. The predicted molar refractivity (Wildman–Crippen MR) is 109 cm³/mol. The van der Waals surface area contributed by atoms with Crippen molar-refractivity contribution in [1.29, 1.82) is 0 Å². The van der Waals surface area contributed by atoms with Crippen molar-refractivity contribution in [2.24, 2.45) is 0 Å². The zero-order chi connectivity index (χ0) is 18.8. The Bertz CT molecular complexity index is 450. The molecule has 2 aromatic carbocycles. The molecule has 24 heavy (non-hydrogen) atoms. The van der Waals surface area contributed by atoms with Gasteiger partial charge in [0.2, 0.25) is 0 Å². The first-order chi connectivity index (χ1) is 11.4. The maximum Gasteiger partial charge on any atom is 0.119 e. The molecule has 6 heteroatoms. The Labute approximate surface area is 155 Å². The summed E-state index contributed by atoms with van der Waals surface area (Å²) in [6, 6.07) is 14.7. The Balaban J connectivity index is 0. The third-order valence-electron chi connectivity index (χ3n) is 2.12. The molecule has 0 radical (unpaired) electrons. The van der Waals surface area contributed by atoms with E-state index in [4.69, 9.17) is 11.5 Å². The lowest BCUT2D eigenvalue weighted by Crippen LogP contribution is -1.80. The summed E-state index contributed by atoms with van der Waals surface area (Å²) >= 11 is 8.15. The van der Waals surface area contributed by atoms with Crippen LogP contribution in [0.4, 0.5) is 11.4 Å². The van der Waals surface area contributed by atoms with Gasteiger partial charge in [0.05, 0.1) is 0 Å². The fourth-order valence-corrected chi connectivity index (χ4v) is 1.25. The molecule has 2 aromatic rings. The van der Waals surface area contributed by atoms with Crippen molar-refractivity contribution >= 4 is 49.2 Å². The van der Waals surface area contributed by atoms with Gasteiger partial charge in [-0.05, 0) is 48.5 Å². The average Bonchev–Trinajstić information content (AvgIpc) is 2.61. The summed E-state index contributed by atoms with van der Waals surface area (Å²) in [7, 11) is 0. The van der Waals surface area contributed by atoms with Crippen molar-refractivity contribution in [2.45, 2.75) is 36.5 Å². The van der Waals surface area contributed by atoms with E-state index >= 15 is 0 Å². The molecule has 0 aromatic heterocycles. The Morgan fingerprint density at radius 2 is 0.917 bits per heavy atom. The highest BCUT2D eigenvalue weighted by Gasteiger charge is 1.81. The second-order valence-corrected chi connectivity index (χ2v) is 5.37. The fourth-order valence-electron chi connectivity index (χ4n) is 0.949. The molecule has 0 unspecified atom stereocenters. The summed E-state index contributed by atoms with van der Waals surface area (Å²) in [5.74, 6) is 0. The van der Waals surface area contributed by atoms with Gasteiger partial charge in [0.15, 0.2) is 0 Å². The molecule has 0 bridgehead atoms. The molecule has 0 amide bonds. The molecule has 0 spiro atoms. The summed E-state index contributed by atoms with van der Waals surface area (Å²) in [4.78, 5) is 20.2. The minimum Gasteiger partial charge on any atom is -0.399 e. The van der Waals surface area contributed by atoms with E-state index < -0.39 is 0 Å². The Hall–Kier alpha value is -1.92.